The fourth-order valence-corrected chi connectivity index (χ4v) is 2.57. The molecule has 1 aromatic rings. The number of nitrogens with two attached hydrogens (primary N) is 1. The van der Waals surface area contributed by atoms with Gasteiger partial charge in [-0.3, -0.25) is 9.59 Å². The van der Waals surface area contributed by atoms with E-state index in [2.05, 4.69) is 20.2 Å². The summed E-state index contributed by atoms with van der Waals surface area (Å²) in [5.74, 6) is 1.30. The summed E-state index contributed by atoms with van der Waals surface area (Å²) in [6, 6.07) is 0. The first-order valence-corrected chi connectivity index (χ1v) is 8.33. The number of nitrogens with one attached hydrogen (secondary N) is 1. The summed E-state index contributed by atoms with van der Waals surface area (Å²) in [6.45, 7) is 5.38. The zero-order chi connectivity index (χ0) is 19.9. The molecule has 0 atom stereocenters. The molecule has 0 spiro atoms. The molecule has 2 heterocycles. The van der Waals surface area contributed by atoms with Crippen molar-refractivity contribution in [1.82, 2.24) is 14.9 Å². The SMILES string of the molecule is Cc1nc(N)nc(NCCN2CCC(CO)CC2)c1Cl.O=CO.O=CO. The van der Waals surface area contributed by atoms with Crippen molar-refractivity contribution in [1.29, 1.82) is 0 Å². The van der Waals surface area contributed by atoms with Crippen LogP contribution in [0.15, 0.2) is 0 Å². The molecule has 0 aliphatic carbocycles. The highest BCUT2D eigenvalue weighted by atomic mass is 35.5. The molecule has 1 saturated heterocycles. The molecule has 0 amide bonds. The summed E-state index contributed by atoms with van der Waals surface area (Å²) >= 11 is 6.14. The number of aryl methyl sites for hydroxylation is 1. The molecular weight excluding hydrogens is 366 g/mol. The minimum absolute atomic E-state index is 0.234. The molecular formula is C15H26ClN5O5. The first-order valence-electron chi connectivity index (χ1n) is 7.95. The molecule has 11 heteroatoms. The highest BCUT2D eigenvalue weighted by Gasteiger charge is 2.18. The minimum Gasteiger partial charge on any atom is -0.483 e. The van der Waals surface area contributed by atoms with Crippen molar-refractivity contribution >= 4 is 36.3 Å². The van der Waals surface area contributed by atoms with Gasteiger partial charge in [-0.15, -0.1) is 0 Å². The molecule has 1 aliphatic rings. The van der Waals surface area contributed by atoms with E-state index in [0.717, 1.165) is 39.0 Å². The van der Waals surface area contributed by atoms with Crippen LogP contribution in [0.3, 0.4) is 0 Å². The first kappa shape index (κ1) is 23.8. The van der Waals surface area contributed by atoms with E-state index in [1.807, 2.05) is 6.92 Å². The quantitative estimate of drug-likeness (QED) is 0.447. The second kappa shape index (κ2) is 14.0. The number of hydrogen-bond acceptors (Lipinski definition) is 8. The van der Waals surface area contributed by atoms with Gasteiger partial charge in [0.15, 0.2) is 5.82 Å². The number of piperidine rings is 1. The van der Waals surface area contributed by atoms with Gasteiger partial charge in [0.1, 0.15) is 5.02 Å². The number of carbonyl (C=O) groups is 2. The van der Waals surface area contributed by atoms with Crippen molar-refractivity contribution < 1.29 is 24.9 Å². The fraction of sp³-hybridized carbons (Fsp3) is 0.600. The molecule has 1 aromatic heterocycles. The molecule has 0 radical (unpaired) electrons. The normalized spacial score (nSPS) is 14.3. The Bertz CT molecular complexity index is 535. The molecule has 10 nitrogen and oxygen atoms in total. The lowest BCUT2D eigenvalue weighted by molar-refractivity contribution is -0.123. The first-order chi connectivity index (χ1) is 12.4. The summed E-state index contributed by atoms with van der Waals surface area (Å²) in [4.78, 5) is 27.2. The van der Waals surface area contributed by atoms with Crippen LogP contribution in [0.2, 0.25) is 5.02 Å². The van der Waals surface area contributed by atoms with Crippen LogP contribution in [0.4, 0.5) is 11.8 Å². The number of anilines is 2. The molecule has 1 aliphatic heterocycles. The monoisotopic (exact) mass is 391 g/mol. The van der Waals surface area contributed by atoms with Gasteiger partial charge in [-0.05, 0) is 38.8 Å². The van der Waals surface area contributed by atoms with Crippen LogP contribution < -0.4 is 11.1 Å². The van der Waals surface area contributed by atoms with E-state index in [0.29, 0.717) is 29.1 Å². The van der Waals surface area contributed by atoms with Crippen LogP contribution in [0.25, 0.3) is 0 Å². The molecule has 0 saturated carbocycles. The Morgan fingerprint density at radius 1 is 1.27 bits per heavy atom. The van der Waals surface area contributed by atoms with Gasteiger partial charge < -0.3 is 31.3 Å². The Kier molecular flexibility index (Phi) is 12.9. The predicted molar refractivity (Wildman–Crippen MR) is 98.3 cm³/mol. The number of rotatable bonds is 5. The van der Waals surface area contributed by atoms with Crippen LogP contribution in [-0.4, -0.2) is 75.9 Å². The average Bonchev–Trinajstić information content (AvgIpc) is 2.61. The topological polar surface area (TPSA) is 162 Å². The highest BCUT2D eigenvalue weighted by Crippen LogP contribution is 2.22. The smallest absolute Gasteiger partial charge is 0.290 e. The highest BCUT2D eigenvalue weighted by molar-refractivity contribution is 6.33. The Labute approximate surface area is 157 Å². The van der Waals surface area contributed by atoms with Gasteiger partial charge in [0.25, 0.3) is 12.9 Å². The Hall–Kier alpha value is -2.17. The molecule has 0 aromatic carbocycles. The van der Waals surface area contributed by atoms with Gasteiger partial charge in [0.05, 0.1) is 5.69 Å². The summed E-state index contributed by atoms with van der Waals surface area (Å²) in [5, 5.41) is 26.6. The van der Waals surface area contributed by atoms with Crippen LogP contribution in [0.1, 0.15) is 18.5 Å². The summed E-state index contributed by atoms with van der Waals surface area (Å²) in [7, 11) is 0. The molecule has 1 fully saturated rings. The zero-order valence-electron chi connectivity index (χ0n) is 14.6. The molecule has 0 bridgehead atoms. The van der Waals surface area contributed by atoms with Crippen molar-refractivity contribution in [2.75, 3.05) is 43.8 Å². The number of halogens is 1. The maximum atomic E-state index is 9.11. The van der Waals surface area contributed by atoms with E-state index in [4.69, 9.17) is 42.2 Å². The van der Waals surface area contributed by atoms with Crippen LogP contribution >= 0.6 is 11.6 Å². The number of aliphatic hydroxyl groups excluding tert-OH is 1. The third-order valence-corrected chi connectivity index (χ3v) is 4.17. The van der Waals surface area contributed by atoms with Crippen molar-refractivity contribution in [3.63, 3.8) is 0 Å². The van der Waals surface area contributed by atoms with Crippen molar-refractivity contribution in [3.05, 3.63) is 10.7 Å². The molecule has 148 valence electrons. The lowest BCUT2D eigenvalue weighted by Crippen LogP contribution is -2.37. The summed E-state index contributed by atoms with van der Waals surface area (Å²) in [6.07, 6.45) is 2.13. The van der Waals surface area contributed by atoms with Crippen molar-refractivity contribution in [2.45, 2.75) is 19.8 Å². The van der Waals surface area contributed by atoms with Gasteiger partial charge in [0, 0.05) is 19.7 Å². The Balaban J connectivity index is 0.000000918. The van der Waals surface area contributed by atoms with E-state index >= 15 is 0 Å². The second-order valence-electron chi connectivity index (χ2n) is 5.43. The lowest BCUT2D eigenvalue weighted by atomic mass is 9.98. The molecule has 6 N–H and O–H groups in total. The number of hydrogen-bond donors (Lipinski definition) is 5. The number of aromatic nitrogens is 2. The van der Waals surface area contributed by atoms with E-state index in [9.17, 15) is 0 Å². The zero-order valence-corrected chi connectivity index (χ0v) is 15.4. The van der Waals surface area contributed by atoms with Crippen LogP contribution in [0, 0.1) is 12.8 Å². The van der Waals surface area contributed by atoms with Crippen molar-refractivity contribution in [2.24, 2.45) is 5.92 Å². The van der Waals surface area contributed by atoms with Gasteiger partial charge in [-0.2, -0.15) is 4.98 Å². The second-order valence-corrected chi connectivity index (χ2v) is 5.81. The third kappa shape index (κ3) is 9.35. The van der Waals surface area contributed by atoms with E-state index < -0.39 is 0 Å². The van der Waals surface area contributed by atoms with Crippen molar-refractivity contribution in [3.8, 4) is 0 Å². The maximum Gasteiger partial charge on any atom is 0.290 e. The number of nitrogens with zero attached hydrogens (tertiary/aromatic N) is 3. The number of aliphatic hydroxyl groups is 1. The number of nitrogen functional groups attached to an aromatic ring is 1. The summed E-state index contributed by atoms with van der Waals surface area (Å²) in [5.41, 5.74) is 6.30. The van der Waals surface area contributed by atoms with E-state index in [1.54, 1.807) is 0 Å². The van der Waals surface area contributed by atoms with Gasteiger partial charge >= 0.3 is 0 Å². The average molecular weight is 392 g/mol. The summed E-state index contributed by atoms with van der Waals surface area (Å²) < 4.78 is 0. The van der Waals surface area contributed by atoms with Gasteiger partial charge in [-0.25, -0.2) is 4.98 Å². The lowest BCUT2D eigenvalue weighted by Gasteiger charge is -2.31. The van der Waals surface area contributed by atoms with Crippen LogP contribution in [0.5, 0.6) is 0 Å². The van der Waals surface area contributed by atoms with E-state index in [1.165, 1.54) is 0 Å². The molecule has 26 heavy (non-hydrogen) atoms. The van der Waals surface area contributed by atoms with Gasteiger partial charge in [0.2, 0.25) is 5.95 Å². The molecule has 0 unspecified atom stereocenters. The third-order valence-electron chi connectivity index (χ3n) is 3.72. The fourth-order valence-electron chi connectivity index (χ4n) is 2.42. The standard InChI is InChI=1S/C13H22ClN5O.2CH2O2/c1-9-11(14)12(18-13(15)17-9)16-4-7-19-5-2-10(8-20)3-6-19;2*2-1-3/h10,20H,2-8H2,1H3,(H3,15,16,17,18);2*1H,(H,2,3). The maximum absolute atomic E-state index is 9.11. The minimum atomic E-state index is -0.250. The van der Waals surface area contributed by atoms with E-state index in [-0.39, 0.29) is 18.9 Å². The van der Waals surface area contributed by atoms with Gasteiger partial charge in [-0.1, -0.05) is 11.6 Å². The predicted octanol–water partition coefficient (Wildman–Crippen LogP) is 0.538. The Morgan fingerprint density at radius 3 is 2.31 bits per heavy atom. The Morgan fingerprint density at radius 2 is 1.81 bits per heavy atom. The number of likely N-dealkylation sites (tertiary alicyclic amines) is 1. The number of carboxylic acid groups (broad SMARTS) is 2. The van der Waals surface area contributed by atoms with Crippen LogP contribution in [-0.2, 0) is 9.59 Å². The molecule has 2 rings (SSSR count). The largest absolute Gasteiger partial charge is 0.483 e.